The molecule has 120 valence electrons. The number of carbonyl (C=O) groups excluding carboxylic acids is 1. The van der Waals surface area contributed by atoms with Crippen molar-refractivity contribution in [1.82, 2.24) is 0 Å². The summed E-state index contributed by atoms with van der Waals surface area (Å²) in [6.07, 6.45) is -17.4. The Morgan fingerprint density at radius 1 is 1.15 bits per heavy atom. The van der Waals surface area contributed by atoms with E-state index in [-0.39, 0.29) is 0 Å². The van der Waals surface area contributed by atoms with Crippen LogP contribution in [0.1, 0.15) is 6.92 Å². The Hall–Kier alpha value is -0.800. The van der Waals surface area contributed by atoms with Gasteiger partial charge in [0.05, 0.1) is 13.7 Å². The van der Waals surface area contributed by atoms with Crippen molar-refractivity contribution in [2.45, 2.75) is 25.4 Å². The van der Waals surface area contributed by atoms with Gasteiger partial charge >= 0.3 is 25.9 Å². The minimum Gasteiger partial charge on any atom is -0.469 e. The minimum atomic E-state index is -5.86. The smallest absolute Gasteiger partial charge is 0.424 e. The number of carbonyl (C=O) groups is 1. The molecule has 0 saturated carbocycles. The summed E-state index contributed by atoms with van der Waals surface area (Å²) in [7, 11) is -4.15. The maximum absolute atomic E-state index is 12.3. The summed E-state index contributed by atoms with van der Waals surface area (Å²) in [5.74, 6) is -1.33. The monoisotopic (exact) mass is 332 g/mol. The van der Waals surface area contributed by atoms with Crippen LogP contribution in [0.3, 0.4) is 0 Å². The zero-order chi connectivity index (χ0) is 16.2. The van der Waals surface area contributed by atoms with Gasteiger partial charge in [0.1, 0.15) is 6.16 Å². The van der Waals surface area contributed by atoms with Crippen LogP contribution in [-0.2, 0) is 23.1 Å². The average molecular weight is 332 g/mol. The largest absolute Gasteiger partial charge is 0.469 e. The molecule has 0 aromatic carbocycles. The summed E-state index contributed by atoms with van der Waals surface area (Å²) in [4.78, 5) is 10.9. The fourth-order valence-electron chi connectivity index (χ4n) is 0.998. The molecule has 12 heteroatoms. The Kier molecular flexibility index (Phi) is 6.50. The van der Waals surface area contributed by atoms with Crippen molar-refractivity contribution in [1.29, 1.82) is 0 Å². The van der Waals surface area contributed by atoms with Crippen molar-refractivity contribution < 1.29 is 49.5 Å². The van der Waals surface area contributed by atoms with Crippen molar-refractivity contribution in [3.05, 3.63) is 0 Å². The third kappa shape index (κ3) is 6.10. The van der Waals surface area contributed by atoms with E-state index >= 15 is 0 Å². The summed E-state index contributed by atoms with van der Waals surface area (Å²) in [5.41, 5.74) is 0. The quantitative estimate of drug-likeness (QED) is 0.425. The molecule has 1 atom stereocenters. The highest BCUT2D eigenvalue weighted by Gasteiger charge is 2.60. The van der Waals surface area contributed by atoms with E-state index in [1.165, 1.54) is 0 Å². The Balaban J connectivity index is 5.30. The summed E-state index contributed by atoms with van der Waals surface area (Å²) in [5, 5.41) is 0. The van der Waals surface area contributed by atoms with Crippen molar-refractivity contribution in [2.75, 3.05) is 19.9 Å². The van der Waals surface area contributed by atoms with Gasteiger partial charge in [-0.2, -0.15) is 26.3 Å². The predicted molar refractivity (Wildman–Crippen MR) is 53.1 cm³/mol. The molecular weight excluding hydrogens is 321 g/mol. The number of ether oxygens (including phenoxy) is 1. The number of hydrogen-bond acceptors (Lipinski definition) is 5. The van der Waals surface area contributed by atoms with Crippen LogP contribution in [0.4, 0.5) is 26.3 Å². The maximum Gasteiger partial charge on any atom is 0.424 e. The molecular formula is C8H11F6O5P. The van der Waals surface area contributed by atoms with E-state index in [2.05, 4.69) is 13.8 Å². The zero-order valence-corrected chi connectivity index (χ0v) is 11.1. The molecule has 0 heterocycles. The van der Waals surface area contributed by atoms with E-state index in [1.54, 1.807) is 0 Å². The number of alkyl halides is 6. The lowest BCUT2D eigenvalue weighted by molar-refractivity contribution is -0.301. The predicted octanol–water partition coefficient (Wildman–Crippen LogP) is 2.90. The van der Waals surface area contributed by atoms with Gasteiger partial charge in [-0.25, -0.2) is 0 Å². The Bertz CT molecular complexity index is 365. The highest BCUT2D eigenvalue weighted by atomic mass is 31.2. The molecule has 0 aromatic heterocycles. The van der Waals surface area contributed by atoms with Gasteiger partial charge in [0.2, 0.25) is 0 Å². The van der Waals surface area contributed by atoms with Crippen LogP contribution >= 0.6 is 7.60 Å². The molecule has 0 N–H and O–H groups in total. The van der Waals surface area contributed by atoms with Crippen molar-refractivity contribution >= 4 is 13.6 Å². The van der Waals surface area contributed by atoms with E-state index in [0.717, 1.165) is 14.0 Å². The molecule has 0 aliphatic rings. The van der Waals surface area contributed by atoms with Gasteiger partial charge in [0.25, 0.3) is 6.10 Å². The highest BCUT2D eigenvalue weighted by Crippen LogP contribution is 2.53. The molecule has 1 unspecified atom stereocenters. The van der Waals surface area contributed by atoms with Crippen LogP contribution in [0, 0.1) is 0 Å². The van der Waals surface area contributed by atoms with E-state index < -0.39 is 44.8 Å². The van der Waals surface area contributed by atoms with Crippen LogP contribution in [0.25, 0.3) is 0 Å². The Labute approximate surface area is 109 Å². The number of halogens is 6. The molecule has 0 fully saturated rings. The average Bonchev–Trinajstić information content (AvgIpc) is 2.23. The lowest BCUT2D eigenvalue weighted by Crippen LogP contribution is -2.44. The van der Waals surface area contributed by atoms with Gasteiger partial charge < -0.3 is 9.26 Å². The zero-order valence-electron chi connectivity index (χ0n) is 10.2. The van der Waals surface area contributed by atoms with Crippen LogP contribution in [-0.4, -0.2) is 44.3 Å². The first-order valence-electron chi connectivity index (χ1n) is 4.98. The third-order valence-corrected chi connectivity index (χ3v) is 3.57. The molecule has 0 spiro atoms. The van der Waals surface area contributed by atoms with Gasteiger partial charge in [-0.3, -0.25) is 13.9 Å². The topological polar surface area (TPSA) is 61.8 Å². The molecule has 0 rings (SSSR count). The second-order valence-corrected chi connectivity index (χ2v) is 5.34. The lowest BCUT2D eigenvalue weighted by Gasteiger charge is -2.26. The van der Waals surface area contributed by atoms with Crippen LogP contribution in [0.15, 0.2) is 0 Å². The first kappa shape index (κ1) is 19.2. The van der Waals surface area contributed by atoms with Crippen LogP contribution in [0.2, 0.25) is 0 Å². The molecule has 20 heavy (non-hydrogen) atoms. The third-order valence-electron chi connectivity index (χ3n) is 1.74. The molecule has 0 bridgehead atoms. The highest BCUT2D eigenvalue weighted by molar-refractivity contribution is 7.54. The van der Waals surface area contributed by atoms with Gasteiger partial charge in [-0.15, -0.1) is 0 Å². The molecule has 0 aliphatic heterocycles. The SMILES string of the molecule is CCOP(=O)(CC(=O)OC)OC(C(F)(F)F)C(F)(F)F. The maximum atomic E-state index is 12.3. The van der Waals surface area contributed by atoms with Crippen LogP contribution < -0.4 is 0 Å². The number of esters is 1. The first-order valence-corrected chi connectivity index (χ1v) is 6.70. The number of methoxy groups -OCH3 is 1. The summed E-state index contributed by atoms with van der Waals surface area (Å²) >= 11 is 0. The second-order valence-electron chi connectivity index (χ2n) is 3.33. The number of rotatable bonds is 6. The van der Waals surface area contributed by atoms with Gasteiger partial charge in [0.15, 0.2) is 0 Å². The Morgan fingerprint density at radius 3 is 1.90 bits per heavy atom. The molecule has 0 saturated heterocycles. The normalized spacial score (nSPS) is 16.1. The molecule has 0 aromatic rings. The van der Waals surface area contributed by atoms with E-state index in [9.17, 15) is 35.7 Å². The van der Waals surface area contributed by atoms with E-state index in [1.807, 2.05) is 0 Å². The lowest BCUT2D eigenvalue weighted by atomic mass is 10.3. The molecule has 0 aliphatic carbocycles. The van der Waals surface area contributed by atoms with E-state index in [4.69, 9.17) is 0 Å². The van der Waals surface area contributed by atoms with E-state index in [0.29, 0.717) is 0 Å². The molecule has 5 nitrogen and oxygen atoms in total. The summed E-state index contributed by atoms with van der Waals surface area (Å²) in [6, 6.07) is 0. The number of hydrogen-bond donors (Lipinski definition) is 0. The molecule has 0 amide bonds. The van der Waals surface area contributed by atoms with Crippen molar-refractivity contribution in [3.63, 3.8) is 0 Å². The first-order chi connectivity index (χ1) is 8.85. The van der Waals surface area contributed by atoms with Gasteiger partial charge in [-0.05, 0) is 6.92 Å². The minimum absolute atomic E-state index is 0.517. The van der Waals surface area contributed by atoms with Crippen molar-refractivity contribution in [2.24, 2.45) is 0 Å². The van der Waals surface area contributed by atoms with Crippen LogP contribution in [0.5, 0.6) is 0 Å². The Morgan fingerprint density at radius 2 is 1.60 bits per heavy atom. The van der Waals surface area contributed by atoms with Gasteiger partial charge in [-0.1, -0.05) is 0 Å². The summed E-state index contributed by atoms with van der Waals surface area (Å²) in [6.45, 7) is 0.639. The summed E-state index contributed by atoms with van der Waals surface area (Å²) < 4.78 is 97.2. The standard InChI is InChI=1S/C8H11F6O5P/c1-3-18-20(16,4-5(15)17-2)19-6(7(9,10)11)8(12,13)14/h6H,3-4H2,1-2H3. The van der Waals surface area contributed by atoms with Gasteiger partial charge in [0, 0.05) is 0 Å². The second kappa shape index (κ2) is 6.77. The fraction of sp³-hybridized carbons (Fsp3) is 0.875. The fourth-order valence-corrected chi connectivity index (χ4v) is 2.62. The van der Waals surface area contributed by atoms with Crippen molar-refractivity contribution in [3.8, 4) is 0 Å². The molecule has 0 radical (unpaired) electrons.